The van der Waals surface area contributed by atoms with Gasteiger partial charge in [0.05, 0.1) is 0 Å². The minimum absolute atomic E-state index is 0.455. The Balaban J connectivity index is 3.53. The molecule has 1 unspecified atom stereocenters. The Morgan fingerprint density at radius 2 is 1.60 bits per heavy atom. The van der Waals surface area contributed by atoms with E-state index in [4.69, 9.17) is 0 Å². The third-order valence-corrected chi connectivity index (χ3v) is 2.92. The predicted octanol–water partition coefficient (Wildman–Crippen LogP) is 4.37. The zero-order valence-corrected chi connectivity index (χ0v) is 11.5. The molecule has 1 N–H and O–H groups in total. The van der Waals surface area contributed by atoms with Gasteiger partial charge in [0.1, 0.15) is 0 Å². The van der Waals surface area contributed by atoms with Gasteiger partial charge in [0.2, 0.25) is 0 Å². The monoisotopic (exact) mass is 213 g/mol. The first-order chi connectivity index (χ1) is 6.99. The van der Waals surface area contributed by atoms with Gasteiger partial charge in [-0.05, 0) is 25.3 Å². The van der Waals surface area contributed by atoms with Crippen molar-refractivity contribution in [1.82, 2.24) is 5.32 Å². The van der Waals surface area contributed by atoms with Crippen molar-refractivity contribution < 1.29 is 0 Å². The molecule has 1 atom stereocenters. The van der Waals surface area contributed by atoms with Gasteiger partial charge >= 0.3 is 0 Å². The molecule has 0 aliphatic carbocycles. The van der Waals surface area contributed by atoms with E-state index < -0.39 is 0 Å². The molecule has 0 fully saturated rings. The summed E-state index contributed by atoms with van der Waals surface area (Å²) in [5.41, 5.74) is 0.455. The van der Waals surface area contributed by atoms with Crippen molar-refractivity contribution >= 4 is 0 Å². The number of rotatable bonds is 8. The maximum atomic E-state index is 3.45. The molecule has 15 heavy (non-hydrogen) atoms. The molecule has 0 saturated carbocycles. The fraction of sp³-hybridized carbons (Fsp3) is 1.00. The average molecular weight is 213 g/mol. The van der Waals surface area contributed by atoms with Crippen LogP contribution in [0.3, 0.4) is 0 Å². The molecule has 0 heterocycles. The zero-order chi connectivity index (χ0) is 11.7. The first kappa shape index (κ1) is 15.0. The van der Waals surface area contributed by atoms with Gasteiger partial charge in [-0.15, -0.1) is 0 Å². The lowest BCUT2D eigenvalue weighted by molar-refractivity contribution is 0.302. The third kappa shape index (κ3) is 10.2. The summed E-state index contributed by atoms with van der Waals surface area (Å²) in [7, 11) is 2.10. The molecule has 0 aromatic carbocycles. The fourth-order valence-electron chi connectivity index (χ4n) is 2.08. The zero-order valence-electron chi connectivity index (χ0n) is 11.5. The van der Waals surface area contributed by atoms with Crippen LogP contribution in [0.2, 0.25) is 0 Å². The highest BCUT2D eigenvalue weighted by Crippen LogP contribution is 2.23. The molecule has 0 rings (SSSR count). The second kappa shape index (κ2) is 8.15. The highest BCUT2D eigenvalue weighted by molar-refractivity contribution is 4.73. The smallest absolute Gasteiger partial charge is 0.00690 e. The molecule has 0 aromatic heterocycles. The lowest BCUT2D eigenvalue weighted by Crippen LogP contribution is -2.29. The van der Waals surface area contributed by atoms with Crippen molar-refractivity contribution in [3.05, 3.63) is 0 Å². The quantitative estimate of drug-likeness (QED) is 0.590. The van der Waals surface area contributed by atoms with Crippen LogP contribution in [-0.4, -0.2) is 13.1 Å². The Hall–Kier alpha value is -0.0400. The molecule has 0 amide bonds. The van der Waals surface area contributed by atoms with Crippen LogP contribution in [0.5, 0.6) is 0 Å². The van der Waals surface area contributed by atoms with Crippen LogP contribution in [0.15, 0.2) is 0 Å². The first-order valence-corrected chi connectivity index (χ1v) is 6.67. The van der Waals surface area contributed by atoms with Gasteiger partial charge in [-0.2, -0.15) is 0 Å². The highest BCUT2D eigenvalue weighted by Gasteiger charge is 2.16. The summed E-state index contributed by atoms with van der Waals surface area (Å²) in [5.74, 6) is 0. The molecule has 0 spiro atoms. The summed E-state index contributed by atoms with van der Waals surface area (Å²) < 4.78 is 0. The van der Waals surface area contributed by atoms with Crippen molar-refractivity contribution in [3.63, 3.8) is 0 Å². The van der Waals surface area contributed by atoms with Crippen molar-refractivity contribution in [2.24, 2.45) is 5.41 Å². The number of hydrogen-bond donors (Lipinski definition) is 1. The standard InChI is InChI=1S/C14H31N/c1-6-7-8-9-10-11-13(15-5)12-14(2,3)4/h13,15H,6-12H2,1-5H3. The molecule has 0 aliphatic rings. The van der Waals surface area contributed by atoms with Gasteiger partial charge in [0.15, 0.2) is 0 Å². The van der Waals surface area contributed by atoms with Crippen LogP contribution in [0, 0.1) is 5.41 Å². The van der Waals surface area contributed by atoms with Crippen LogP contribution in [0.1, 0.15) is 72.6 Å². The van der Waals surface area contributed by atoms with Crippen molar-refractivity contribution in [2.45, 2.75) is 78.7 Å². The summed E-state index contributed by atoms with van der Waals surface area (Å²) in [5, 5.41) is 3.45. The summed E-state index contributed by atoms with van der Waals surface area (Å²) in [6, 6.07) is 0.714. The Morgan fingerprint density at radius 3 is 2.07 bits per heavy atom. The second-order valence-corrected chi connectivity index (χ2v) is 5.95. The Bertz CT molecular complexity index is 135. The topological polar surface area (TPSA) is 12.0 Å². The van der Waals surface area contributed by atoms with Crippen LogP contribution < -0.4 is 5.32 Å². The highest BCUT2D eigenvalue weighted by atomic mass is 14.9. The normalized spacial score (nSPS) is 14.2. The lowest BCUT2D eigenvalue weighted by atomic mass is 9.86. The van der Waals surface area contributed by atoms with Gasteiger partial charge in [-0.25, -0.2) is 0 Å². The Labute approximate surface area is 97.0 Å². The minimum Gasteiger partial charge on any atom is -0.317 e. The summed E-state index contributed by atoms with van der Waals surface area (Å²) >= 11 is 0. The molecule has 0 bridgehead atoms. The van der Waals surface area contributed by atoms with Gasteiger partial charge in [-0.1, -0.05) is 59.8 Å². The van der Waals surface area contributed by atoms with Crippen LogP contribution in [0.4, 0.5) is 0 Å². The molecular formula is C14H31N. The molecule has 1 nitrogen and oxygen atoms in total. The van der Waals surface area contributed by atoms with E-state index in [1.54, 1.807) is 0 Å². The minimum atomic E-state index is 0.455. The summed E-state index contributed by atoms with van der Waals surface area (Å²) in [6.45, 7) is 9.26. The molecule has 92 valence electrons. The molecule has 1 heteroatoms. The number of unbranched alkanes of at least 4 members (excludes halogenated alkanes) is 4. The second-order valence-electron chi connectivity index (χ2n) is 5.95. The fourth-order valence-corrected chi connectivity index (χ4v) is 2.08. The Kier molecular flexibility index (Phi) is 8.13. The van der Waals surface area contributed by atoms with Crippen LogP contribution >= 0.6 is 0 Å². The number of hydrogen-bond acceptors (Lipinski definition) is 1. The summed E-state index contributed by atoms with van der Waals surface area (Å²) in [6.07, 6.45) is 9.61. The molecular weight excluding hydrogens is 182 g/mol. The van der Waals surface area contributed by atoms with E-state index in [1.807, 2.05) is 0 Å². The van der Waals surface area contributed by atoms with E-state index >= 15 is 0 Å². The average Bonchev–Trinajstić information content (AvgIpc) is 2.14. The van der Waals surface area contributed by atoms with E-state index in [0.717, 1.165) is 0 Å². The first-order valence-electron chi connectivity index (χ1n) is 6.67. The van der Waals surface area contributed by atoms with Crippen LogP contribution in [-0.2, 0) is 0 Å². The van der Waals surface area contributed by atoms with Gasteiger partial charge in [0, 0.05) is 6.04 Å². The third-order valence-electron chi connectivity index (χ3n) is 2.92. The van der Waals surface area contributed by atoms with E-state index in [2.05, 4.69) is 40.1 Å². The maximum absolute atomic E-state index is 3.45. The van der Waals surface area contributed by atoms with Gasteiger partial charge in [-0.3, -0.25) is 0 Å². The van der Waals surface area contributed by atoms with Crippen molar-refractivity contribution in [1.29, 1.82) is 0 Å². The van der Waals surface area contributed by atoms with Crippen molar-refractivity contribution in [3.8, 4) is 0 Å². The van der Waals surface area contributed by atoms with E-state index in [1.165, 1.54) is 44.9 Å². The van der Waals surface area contributed by atoms with E-state index in [-0.39, 0.29) is 0 Å². The van der Waals surface area contributed by atoms with E-state index in [9.17, 15) is 0 Å². The number of nitrogens with one attached hydrogen (secondary N) is 1. The van der Waals surface area contributed by atoms with Crippen LogP contribution in [0.25, 0.3) is 0 Å². The van der Waals surface area contributed by atoms with Crippen molar-refractivity contribution in [2.75, 3.05) is 7.05 Å². The lowest BCUT2D eigenvalue weighted by Gasteiger charge is -2.25. The van der Waals surface area contributed by atoms with Gasteiger partial charge in [0.25, 0.3) is 0 Å². The molecule has 0 aliphatic heterocycles. The van der Waals surface area contributed by atoms with Gasteiger partial charge < -0.3 is 5.32 Å². The Morgan fingerprint density at radius 1 is 1.00 bits per heavy atom. The molecule has 0 aromatic rings. The summed E-state index contributed by atoms with van der Waals surface area (Å²) in [4.78, 5) is 0. The molecule has 0 saturated heterocycles. The maximum Gasteiger partial charge on any atom is 0.00690 e. The largest absolute Gasteiger partial charge is 0.317 e. The predicted molar refractivity (Wildman–Crippen MR) is 70.3 cm³/mol. The SMILES string of the molecule is CCCCCCCC(CC(C)(C)C)NC. The molecule has 0 radical (unpaired) electrons. The van der Waals surface area contributed by atoms with E-state index in [0.29, 0.717) is 11.5 Å².